The van der Waals surface area contributed by atoms with Crippen molar-refractivity contribution in [3.05, 3.63) is 35.4 Å². The van der Waals surface area contributed by atoms with Gasteiger partial charge in [0.1, 0.15) is 0 Å². The van der Waals surface area contributed by atoms with Gasteiger partial charge in [-0.1, -0.05) is 12.1 Å². The minimum Gasteiger partial charge on any atom is -0.396 e. The molecule has 0 spiro atoms. The highest BCUT2D eigenvalue weighted by Crippen LogP contribution is 2.23. The number of aliphatic hydroxyl groups is 1. The summed E-state index contributed by atoms with van der Waals surface area (Å²) in [6.07, 6.45) is 4.56. The standard InChI is InChI=1S/C15H20N2O/c16-9-12-1-3-13(4-2-12)10-17-15-7-5-14(11-18)6-8-15/h1-4,14-15,17-18H,5-8,10-11H2. The smallest absolute Gasteiger partial charge is 0.0991 e. The van der Waals surface area contributed by atoms with Crippen LogP contribution in [0.5, 0.6) is 0 Å². The first kappa shape index (κ1) is 13.1. The molecule has 1 fully saturated rings. The minimum atomic E-state index is 0.336. The lowest BCUT2D eigenvalue weighted by molar-refractivity contribution is 0.175. The van der Waals surface area contributed by atoms with Crippen molar-refractivity contribution in [2.24, 2.45) is 5.92 Å². The lowest BCUT2D eigenvalue weighted by atomic mass is 9.86. The quantitative estimate of drug-likeness (QED) is 0.853. The Morgan fingerprint density at radius 1 is 1.17 bits per heavy atom. The molecule has 0 aliphatic heterocycles. The fraction of sp³-hybridized carbons (Fsp3) is 0.533. The number of nitriles is 1. The van der Waals surface area contributed by atoms with E-state index in [2.05, 4.69) is 11.4 Å². The highest BCUT2D eigenvalue weighted by Gasteiger charge is 2.19. The fourth-order valence-electron chi connectivity index (χ4n) is 2.51. The number of nitrogens with one attached hydrogen (secondary N) is 1. The Bertz CT molecular complexity index is 399. The molecule has 2 N–H and O–H groups in total. The lowest BCUT2D eigenvalue weighted by Crippen LogP contribution is -2.33. The summed E-state index contributed by atoms with van der Waals surface area (Å²) < 4.78 is 0. The van der Waals surface area contributed by atoms with Crippen molar-refractivity contribution in [2.75, 3.05) is 6.61 Å². The van der Waals surface area contributed by atoms with Gasteiger partial charge >= 0.3 is 0 Å². The molecule has 3 nitrogen and oxygen atoms in total. The van der Waals surface area contributed by atoms with Crippen molar-refractivity contribution in [1.82, 2.24) is 5.32 Å². The Morgan fingerprint density at radius 3 is 2.39 bits per heavy atom. The molecule has 1 aliphatic rings. The van der Waals surface area contributed by atoms with Crippen LogP contribution in [0.25, 0.3) is 0 Å². The molecule has 18 heavy (non-hydrogen) atoms. The van der Waals surface area contributed by atoms with Crippen molar-refractivity contribution in [3.8, 4) is 6.07 Å². The van der Waals surface area contributed by atoms with Crippen molar-refractivity contribution >= 4 is 0 Å². The highest BCUT2D eigenvalue weighted by molar-refractivity contribution is 5.31. The monoisotopic (exact) mass is 244 g/mol. The van der Waals surface area contributed by atoms with E-state index in [4.69, 9.17) is 10.4 Å². The predicted molar refractivity (Wildman–Crippen MR) is 70.8 cm³/mol. The number of aliphatic hydroxyl groups excluding tert-OH is 1. The molecule has 0 saturated heterocycles. The van der Waals surface area contributed by atoms with Crippen molar-refractivity contribution < 1.29 is 5.11 Å². The van der Waals surface area contributed by atoms with Crippen molar-refractivity contribution in [1.29, 1.82) is 5.26 Å². The second-order valence-electron chi connectivity index (χ2n) is 5.09. The lowest BCUT2D eigenvalue weighted by Gasteiger charge is -2.28. The molecule has 96 valence electrons. The summed E-state index contributed by atoms with van der Waals surface area (Å²) in [5.41, 5.74) is 1.93. The fourth-order valence-corrected chi connectivity index (χ4v) is 2.51. The first-order valence-corrected chi connectivity index (χ1v) is 6.65. The van der Waals surface area contributed by atoms with E-state index < -0.39 is 0 Å². The van der Waals surface area contributed by atoms with E-state index in [1.165, 1.54) is 5.56 Å². The maximum atomic E-state index is 9.09. The Hall–Kier alpha value is -1.37. The van der Waals surface area contributed by atoms with E-state index in [1.54, 1.807) is 0 Å². The molecular formula is C15H20N2O. The zero-order chi connectivity index (χ0) is 12.8. The Balaban J connectivity index is 1.76. The summed E-state index contributed by atoms with van der Waals surface area (Å²) in [6.45, 7) is 1.20. The van der Waals surface area contributed by atoms with Gasteiger partial charge in [-0.05, 0) is 49.3 Å². The maximum absolute atomic E-state index is 9.09. The Kier molecular flexibility index (Phi) is 4.74. The van der Waals surface area contributed by atoms with Crippen LogP contribution in [0.2, 0.25) is 0 Å². The van der Waals surface area contributed by atoms with Gasteiger partial charge in [0.2, 0.25) is 0 Å². The molecule has 0 aromatic heterocycles. The summed E-state index contributed by atoms with van der Waals surface area (Å²) in [5.74, 6) is 0.512. The molecular weight excluding hydrogens is 224 g/mol. The number of nitrogens with zero attached hydrogens (tertiary/aromatic N) is 1. The normalized spacial score (nSPS) is 23.6. The van der Waals surface area contributed by atoms with Crippen LogP contribution in [-0.4, -0.2) is 17.8 Å². The highest BCUT2D eigenvalue weighted by atomic mass is 16.3. The molecule has 1 aliphatic carbocycles. The summed E-state index contributed by atoms with van der Waals surface area (Å²) in [6, 6.07) is 10.4. The summed E-state index contributed by atoms with van der Waals surface area (Å²) in [5, 5.41) is 21.4. The molecule has 0 atom stereocenters. The van der Waals surface area contributed by atoms with Gasteiger partial charge in [-0.15, -0.1) is 0 Å². The van der Waals surface area contributed by atoms with E-state index >= 15 is 0 Å². The molecule has 1 aromatic carbocycles. The first-order chi connectivity index (χ1) is 8.81. The van der Waals surface area contributed by atoms with Gasteiger partial charge in [-0.25, -0.2) is 0 Å². The number of rotatable bonds is 4. The van der Waals surface area contributed by atoms with Crippen LogP contribution in [0, 0.1) is 17.2 Å². The Labute approximate surface area is 108 Å². The van der Waals surface area contributed by atoms with E-state index in [1.807, 2.05) is 24.3 Å². The molecule has 0 bridgehead atoms. The van der Waals surface area contributed by atoms with Crippen LogP contribution in [0.15, 0.2) is 24.3 Å². The second-order valence-corrected chi connectivity index (χ2v) is 5.09. The topological polar surface area (TPSA) is 56.0 Å². The largest absolute Gasteiger partial charge is 0.396 e. The van der Waals surface area contributed by atoms with Crippen molar-refractivity contribution in [2.45, 2.75) is 38.3 Å². The molecule has 0 heterocycles. The van der Waals surface area contributed by atoms with Crippen LogP contribution in [0.3, 0.4) is 0 Å². The van der Waals surface area contributed by atoms with E-state index in [0.717, 1.165) is 32.2 Å². The van der Waals surface area contributed by atoms with Crippen molar-refractivity contribution in [3.63, 3.8) is 0 Å². The van der Waals surface area contributed by atoms with Gasteiger partial charge in [-0.3, -0.25) is 0 Å². The number of hydrogen-bond acceptors (Lipinski definition) is 3. The second kappa shape index (κ2) is 6.53. The zero-order valence-electron chi connectivity index (χ0n) is 10.6. The van der Waals surface area contributed by atoms with E-state index in [0.29, 0.717) is 24.1 Å². The summed E-state index contributed by atoms with van der Waals surface area (Å²) in [7, 11) is 0. The SMILES string of the molecule is N#Cc1ccc(CNC2CCC(CO)CC2)cc1. The zero-order valence-corrected chi connectivity index (χ0v) is 10.6. The van der Waals surface area contributed by atoms with E-state index in [9.17, 15) is 0 Å². The minimum absolute atomic E-state index is 0.336. The molecule has 2 rings (SSSR count). The van der Waals surface area contributed by atoms with Gasteiger partial charge in [0.25, 0.3) is 0 Å². The number of benzene rings is 1. The van der Waals surface area contributed by atoms with Gasteiger partial charge in [0, 0.05) is 19.2 Å². The van der Waals surface area contributed by atoms with Crippen LogP contribution >= 0.6 is 0 Å². The van der Waals surface area contributed by atoms with Crippen LogP contribution in [0.1, 0.15) is 36.8 Å². The average Bonchev–Trinajstić information content (AvgIpc) is 2.46. The van der Waals surface area contributed by atoms with Gasteiger partial charge in [-0.2, -0.15) is 5.26 Å². The van der Waals surface area contributed by atoms with Gasteiger partial charge in [0.15, 0.2) is 0 Å². The summed E-state index contributed by atoms with van der Waals surface area (Å²) >= 11 is 0. The number of hydrogen-bond donors (Lipinski definition) is 2. The molecule has 3 heteroatoms. The molecule has 0 radical (unpaired) electrons. The molecule has 0 amide bonds. The van der Waals surface area contributed by atoms with Crippen LogP contribution in [0.4, 0.5) is 0 Å². The average molecular weight is 244 g/mol. The molecule has 0 unspecified atom stereocenters. The summed E-state index contributed by atoms with van der Waals surface area (Å²) in [4.78, 5) is 0. The van der Waals surface area contributed by atoms with E-state index in [-0.39, 0.29) is 0 Å². The molecule has 1 saturated carbocycles. The van der Waals surface area contributed by atoms with Gasteiger partial charge < -0.3 is 10.4 Å². The predicted octanol–water partition coefficient (Wildman–Crippen LogP) is 2.20. The molecule has 1 aromatic rings. The van der Waals surface area contributed by atoms with Crippen LogP contribution in [-0.2, 0) is 6.54 Å². The third-order valence-corrected chi connectivity index (χ3v) is 3.78. The Morgan fingerprint density at radius 2 is 1.83 bits per heavy atom. The van der Waals surface area contributed by atoms with Gasteiger partial charge in [0.05, 0.1) is 11.6 Å². The third-order valence-electron chi connectivity index (χ3n) is 3.78. The third kappa shape index (κ3) is 3.56. The van der Waals surface area contributed by atoms with Crippen LogP contribution < -0.4 is 5.32 Å². The maximum Gasteiger partial charge on any atom is 0.0991 e. The first-order valence-electron chi connectivity index (χ1n) is 6.65.